The molecule has 3 fully saturated rings. The molecule has 2 aliphatic carbocycles. The maximum Gasteiger partial charge on any atom is 0.308 e. The molecule has 1 heterocycles. The molecule has 11 heteroatoms. The third-order valence-electron chi connectivity index (χ3n) is 7.40. The number of aryl methyl sites for hydroxylation is 1. The average molecular weight is 634 g/mol. The molecule has 9 nitrogen and oxygen atoms in total. The molecule has 2 aromatic carbocycles. The van der Waals surface area contributed by atoms with Crippen LogP contribution in [0.5, 0.6) is 0 Å². The van der Waals surface area contributed by atoms with Gasteiger partial charge in [0.1, 0.15) is 0 Å². The van der Waals surface area contributed by atoms with Crippen LogP contribution in [0.4, 0.5) is 0 Å². The fourth-order valence-electron chi connectivity index (χ4n) is 4.84. The third kappa shape index (κ3) is 8.66. The van der Waals surface area contributed by atoms with Crippen LogP contribution in [-0.2, 0) is 34.4 Å². The quantitative estimate of drug-likeness (QED) is 0.247. The molecular formula is C32H44ClN3O6S. The van der Waals surface area contributed by atoms with Crippen molar-refractivity contribution in [3.05, 3.63) is 64.7 Å². The van der Waals surface area contributed by atoms with Crippen LogP contribution in [0.2, 0.25) is 5.02 Å². The summed E-state index contributed by atoms with van der Waals surface area (Å²) in [5.74, 6) is -1.15. The molecule has 0 aromatic heterocycles. The number of nitrogens with zero attached hydrogens (tertiary/aromatic N) is 2. The Morgan fingerprint density at radius 1 is 0.977 bits per heavy atom. The minimum atomic E-state index is -3.56. The molecule has 236 valence electrons. The first-order valence-corrected chi connectivity index (χ1v) is 16.8. The number of sulfone groups is 1. The van der Waals surface area contributed by atoms with Crippen molar-refractivity contribution in [3.8, 4) is 0 Å². The van der Waals surface area contributed by atoms with Gasteiger partial charge in [0.15, 0.2) is 9.84 Å². The number of Topliss-reactive ketones (excluding diaryl/α,β-unsaturated/α-hetero) is 1. The van der Waals surface area contributed by atoms with Crippen molar-refractivity contribution in [3.63, 3.8) is 0 Å². The van der Waals surface area contributed by atoms with Crippen molar-refractivity contribution < 1.29 is 27.6 Å². The van der Waals surface area contributed by atoms with Gasteiger partial charge in [-0.1, -0.05) is 81.3 Å². The summed E-state index contributed by atoms with van der Waals surface area (Å²) in [4.78, 5) is 46.9. The fourth-order valence-corrected chi connectivity index (χ4v) is 7.05. The van der Waals surface area contributed by atoms with Gasteiger partial charge in [0.2, 0.25) is 18.1 Å². The Kier molecular flexibility index (Phi) is 13.4. The van der Waals surface area contributed by atoms with E-state index >= 15 is 0 Å². The number of benzene rings is 2. The number of ketones is 1. The number of carbonyl (C=O) groups excluding carboxylic acids is 4. The maximum atomic E-state index is 13.2. The Bertz CT molecular complexity index is 1370. The van der Waals surface area contributed by atoms with E-state index in [2.05, 4.69) is 5.43 Å². The molecule has 1 N–H and O–H groups in total. The molecule has 1 unspecified atom stereocenters. The highest BCUT2D eigenvalue weighted by atomic mass is 35.5. The Morgan fingerprint density at radius 3 is 2.05 bits per heavy atom. The molecule has 0 bridgehead atoms. The second kappa shape index (κ2) is 16.0. The topological polar surface area (TPSA) is 121 Å². The van der Waals surface area contributed by atoms with E-state index in [0.717, 1.165) is 41.8 Å². The highest BCUT2D eigenvalue weighted by molar-refractivity contribution is 7.92. The highest BCUT2D eigenvalue weighted by Gasteiger charge is 2.54. The number of nitrogens with one attached hydrogen (secondary N) is 1. The zero-order valence-electron chi connectivity index (χ0n) is 25.9. The summed E-state index contributed by atoms with van der Waals surface area (Å²) in [6, 6.07) is 14.6. The predicted octanol–water partition coefficient (Wildman–Crippen LogP) is 5.03. The Hall–Kier alpha value is -3.24. The molecule has 2 aromatic rings. The van der Waals surface area contributed by atoms with Crippen LogP contribution in [0.25, 0.3) is 0 Å². The summed E-state index contributed by atoms with van der Waals surface area (Å²) in [5, 5.41) is 0.728. The molecule has 43 heavy (non-hydrogen) atoms. The van der Waals surface area contributed by atoms with Crippen molar-refractivity contribution >= 4 is 45.4 Å². The summed E-state index contributed by atoms with van der Waals surface area (Å²) in [6.45, 7) is 11.9. The molecule has 0 spiro atoms. The van der Waals surface area contributed by atoms with Gasteiger partial charge in [0, 0.05) is 20.0 Å². The average Bonchev–Trinajstić information content (AvgIpc) is 3.95. The van der Waals surface area contributed by atoms with E-state index < -0.39 is 32.2 Å². The second-order valence-electron chi connectivity index (χ2n) is 10.3. The molecule has 1 aliphatic heterocycles. The Balaban J connectivity index is 0.000000339. The lowest BCUT2D eigenvalue weighted by Gasteiger charge is -2.24. The van der Waals surface area contributed by atoms with Crippen molar-refractivity contribution in [2.75, 3.05) is 13.1 Å². The summed E-state index contributed by atoms with van der Waals surface area (Å²) in [6.07, 6.45) is 4.20. The van der Waals surface area contributed by atoms with Gasteiger partial charge in [-0.25, -0.2) is 13.4 Å². The van der Waals surface area contributed by atoms with Crippen molar-refractivity contribution in [2.24, 2.45) is 0 Å². The van der Waals surface area contributed by atoms with Gasteiger partial charge in [-0.3, -0.25) is 24.6 Å². The smallest absolute Gasteiger partial charge is 0.308 e. The van der Waals surface area contributed by atoms with E-state index in [0.29, 0.717) is 19.4 Å². The zero-order valence-corrected chi connectivity index (χ0v) is 27.5. The molecule has 1 saturated heterocycles. The number of hydrogen-bond donors (Lipinski definition) is 1. The summed E-state index contributed by atoms with van der Waals surface area (Å²) < 4.78 is 25.9. The first kappa shape index (κ1) is 36.0. The molecule has 2 saturated carbocycles. The number of rotatable bonds is 8. The Labute approximate surface area is 260 Å². The van der Waals surface area contributed by atoms with Gasteiger partial charge >= 0.3 is 5.91 Å². The lowest BCUT2D eigenvalue weighted by Crippen LogP contribution is -2.46. The fraction of sp³-hybridized carbons (Fsp3) is 0.500. The van der Waals surface area contributed by atoms with Crippen LogP contribution in [0.1, 0.15) is 77.8 Å². The van der Waals surface area contributed by atoms with Crippen molar-refractivity contribution in [2.45, 2.75) is 95.2 Å². The second-order valence-corrected chi connectivity index (χ2v) is 12.9. The number of amides is 3. The highest BCUT2D eigenvalue weighted by Crippen LogP contribution is 2.50. The summed E-state index contributed by atoms with van der Waals surface area (Å²) in [7, 11) is -3.56. The number of halogens is 1. The van der Waals surface area contributed by atoms with E-state index in [1.165, 1.54) is 13.0 Å². The van der Waals surface area contributed by atoms with E-state index in [9.17, 15) is 27.6 Å². The van der Waals surface area contributed by atoms with Crippen molar-refractivity contribution in [1.29, 1.82) is 0 Å². The normalized spacial score (nSPS) is 17.8. The summed E-state index contributed by atoms with van der Waals surface area (Å²) in [5.41, 5.74) is 3.95. The minimum Gasteiger partial charge on any atom is -0.341 e. The summed E-state index contributed by atoms with van der Waals surface area (Å²) >= 11 is 6.10. The molecule has 0 radical (unpaired) electrons. The maximum absolute atomic E-state index is 13.2. The van der Waals surface area contributed by atoms with E-state index in [1.807, 2.05) is 58.9 Å². The number of hydrogen-bond acceptors (Lipinski definition) is 6. The lowest BCUT2D eigenvalue weighted by molar-refractivity contribution is -0.147. The third-order valence-corrected chi connectivity index (χ3v) is 10.1. The standard InChI is InChI=1S/C21H22ClNO3S.C7H10N2O3.2C2H6/c1-15-6-8-16(9-7-15)21(11-12-21)20(24)23-13-10-17(14-23)27(25,26)19-5-3-2-4-18(19)22;1-5(11)7(12)9(8-4-10)6-2-3-6;2*1-2/h2-9,17H,10-14H2,1H3;4,6H,2-3H2,1H3,(H,8,10);2*1-2H3. The van der Waals surface area contributed by atoms with Crippen LogP contribution >= 0.6 is 11.6 Å². The van der Waals surface area contributed by atoms with E-state index in [1.54, 1.807) is 23.1 Å². The predicted molar refractivity (Wildman–Crippen MR) is 168 cm³/mol. The van der Waals surface area contributed by atoms with Crippen LogP contribution in [0, 0.1) is 6.92 Å². The van der Waals surface area contributed by atoms with E-state index in [-0.39, 0.29) is 28.4 Å². The van der Waals surface area contributed by atoms with Crippen LogP contribution in [0.15, 0.2) is 53.4 Å². The van der Waals surface area contributed by atoms with Crippen molar-refractivity contribution in [1.82, 2.24) is 15.3 Å². The van der Waals surface area contributed by atoms with E-state index in [4.69, 9.17) is 11.6 Å². The molecule has 3 amide bonds. The van der Waals surface area contributed by atoms with Crippen LogP contribution in [0.3, 0.4) is 0 Å². The molecular weight excluding hydrogens is 590 g/mol. The lowest BCUT2D eigenvalue weighted by atomic mass is 9.93. The van der Waals surface area contributed by atoms with Gasteiger partial charge in [-0.15, -0.1) is 0 Å². The molecule has 1 atom stereocenters. The monoisotopic (exact) mass is 633 g/mol. The molecule has 5 rings (SSSR count). The zero-order chi connectivity index (χ0) is 32.4. The number of carbonyl (C=O) groups is 4. The van der Waals surface area contributed by atoms with Crippen LogP contribution in [-0.4, -0.2) is 66.7 Å². The van der Waals surface area contributed by atoms with Crippen LogP contribution < -0.4 is 5.43 Å². The van der Waals surface area contributed by atoms with Gasteiger partial charge < -0.3 is 4.90 Å². The first-order valence-electron chi connectivity index (χ1n) is 14.9. The molecule has 3 aliphatic rings. The van der Waals surface area contributed by atoms with Gasteiger partial charge in [-0.2, -0.15) is 0 Å². The minimum absolute atomic E-state index is 0.0200. The SMILES string of the molecule is CC.CC.CC(=O)C(=O)N(NC=O)C1CC1.Cc1ccc(C2(C(=O)N3CCC(S(=O)(=O)c4ccccc4Cl)C3)CC2)cc1. The Morgan fingerprint density at radius 2 is 1.56 bits per heavy atom. The van der Waals surface area contributed by atoms with Gasteiger partial charge in [0.25, 0.3) is 0 Å². The largest absolute Gasteiger partial charge is 0.341 e. The number of hydrazine groups is 1. The van der Waals surface area contributed by atoms with Gasteiger partial charge in [-0.05, 0) is 56.7 Å². The first-order chi connectivity index (χ1) is 20.5. The van der Waals surface area contributed by atoms with Gasteiger partial charge in [0.05, 0.1) is 26.6 Å². The number of likely N-dealkylation sites (tertiary alicyclic amines) is 1.